The molecule has 0 saturated carbocycles. The lowest BCUT2D eigenvalue weighted by Crippen LogP contribution is -2.08. The molecule has 1 aromatic carbocycles. The molecule has 6 nitrogen and oxygen atoms in total. The molecule has 6 heteroatoms. The molecule has 0 aliphatic carbocycles. The van der Waals surface area contributed by atoms with E-state index in [9.17, 15) is 4.79 Å². The van der Waals surface area contributed by atoms with E-state index in [0.717, 1.165) is 24.2 Å². The van der Waals surface area contributed by atoms with Gasteiger partial charge in [-0.1, -0.05) is 18.2 Å². The van der Waals surface area contributed by atoms with E-state index in [0.29, 0.717) is 18.1 Å². The SMILES string of the molecule is CCc1ccc(OC(C)=O)c(OCc2cnnn2CC)c1. The first-order valence-electron chi connectivity index (χ1n) is 6.95. The van der Waals surface area contributed by atoms with Crippen LogP contribution in [0.25, 0.3) is 0 Å². The lowest BCUT2D eigenvalue weighted by Gasteiger charge is -2.12. The second kappa shape index (κ2) is 6.88. The van der Waals surface area contributed by atoms with Crippen LogP contribution in [-0.2, 0) is 24.4 Å². The molecule has 0 aliphatic heterocycles. The van der Waals surface area contributed by atoms with Crippen LogP contribution in [0.2, 0.25) is 0 Å². The average molecular weight is 289 g/mol. The van der Waals surface area contributed by atoms with E-state index < -0.39 is 0 Å². The van der Waals surface area contributed by atoms with Crippen LogP contribution in [0.3, 0.4) is 0 Å². The zero-order valence-corrected chi connectivity index (χ0v) is 12.5. The molecule has 0 saturated heterocycles. The van der Waals surface area contributed by atoms with Crippen LogP contribution in [0, 0.1) is 0 Å². The maximum absolute atomic E-state index is 11.2. The Morgan fingerprint density at radius 3 is 2.76 bits per heavy atom. The quantitative estimate of drug-likeness (QED) is 0.603. The van der Waals surface area contributed by atoms with Crippen molar-refractivity contribution in [3.63, 3.8) is 0 Å². The number of aryl methyl sites for hydroxylation is 2. The molecule has 21 heavy (non-hydrogen) atoms. The van der Waals surface area contributed by atoms with Crippen LogP contribution in [0.15, 0.2) is 24.4 Å². The number of benzene rings is 1. The Labute approximate surface area is 123 Å². The van der Waals surface area contributed by atoms with Gasteiger partial charge in [0.15, 0.2) is 11.5 Å². The molecule has 0 fully saturated rings. The fourth-order valence-corrected chi connectivity index (χ4v) is 1.93. The number of carbonyl (C=O) groups excluding carboxylic acids is 1. The Morgan fingerprint density at radius 2 is 2.10 bits per heavy atom. The predicted molar refractivity (Wildman–Crippen MR) is 77.2 cm³/mol. The number of hydrogen-bond acceptors (Lipinski definition) is 5. The highest BCUT2D eigenvalue weighted by Gasteiger charge is 2.10. The minimum atomic E-state index is -0.371. The summed E-state index contributed by atoms with van der Waals surface area (Å²) in [6.07, 6.45) is 2.55. The van der Waals surface area contributed by atoms with Crippen molar-refractivity contribution in [3.8, 4) is 11.5 Å². The first-order valence-corrected chi connectivity index (χ1v) is 6.95. The van der Waals surface area contributed by atoms with Crippen molar-refractivity contribution in [2.24, 2.45) is 0 Å². The van der Waals surface area contributed by atoms with Gasteiger partial charge in [0.2, 0.25) is 0 Å². The molecule has 112 valence electrons. The molecule has 2 rings (SSSR count). The van der Waals surface area contributed by atoms with E-state index >= 15 is 0 Å². The second-order valence-electron chi connectivity index (χ2n) is 4.56. The highest BCUT2D eigenvalue weighted by atomic mass is 16.6. The van der Waals surface area contributed by atoms with Crippen LogP contribution >= 0.6 is 0 Å². The summed E-state index contributed by atoms with van der Waals surface area (Å²) in [7, 11) is 0. The van der Waals surface area contributed by atoms with Gasteiger partial charge < -0.3 is 9.47 Å². The van der Waals surface area contributed by atoms with Crippen molar-refractivity contribution < 1.29 is 14.3 Å². The molecule has 0 spiro atoms. The summed E-state index contributed by atoms with van der Waals surface area (Å²) in [4.78, 5) is 11.2. The van der Waals surface area contributed by atoms with Gasteiger partial charge in [-0.05, 0) is 31.0 Å². The summed E-state index contributed by atoms with van der Waals surface area (Å²) < 4.78 is 12.7. The summed E-state index contributed by atoms with van der Waals surface area (Å²) in [6.45, 7) is 6.46. The first kappa shape index (κ1) is 15.0. The van der Waals surface area contributed by atoms with Crippen molar-refractivity contribution in [1.82, 2.24) is 15.0 Å². The zero-order valence-electron chi connectivity index (χ0n) is 12.5. The minimum absolute atomic E-state index is 0.322. The summed E-state index contributed by atoms with van der Waals surface area (Å²) in [6, 6.07) is 5.56. The molecule has 0 amide bonds. The number of rotatable bonds is 6. The summed E-state index contributed by atoms with van der Waals surface area (Å²) in [5, 5.41) is 7.81. The van der Waals surface area contributed by atoms with Crippen molar-refractivity contribution in [3.05, 3.63) is 35.7 Å². The van der Waals surface area contributed by atoms with Crippen LogP contribution in [0.1, 0.15) is 32.0 Å². The van der Waals surface area contributed by atoms with Gasteiger partial charge >= 0.3 is 5.97 Å². The van der Waals surface area contributed by atoms with E-state index in [1.807, 2.05) is 19.1 Å². The van der Waals surface area contributed by atoms with Crippen LogP contribution in [0.5, 0.6) is 11.5 Å². The molecule has 0 bridgehead atoms. The fourth-order valence-electron chi connectivity index (χ4n) is 1.93. The highest BCUT2D eigenvalue weighted by molar-refractivity contribution is 5.70. The third-order valence-corrected chi connectivity index (χ3v) is 3.04. The normalized spacial score (nSPS) is 10.4. The van der Waals surface area contributed by atoms with Gasteiger partial charge in [0.1, 0.15) is 6.61 Å². The van der Waals surface area contributed by atoms with E-state index in [1.54, 1.807) is 16.9 Å². The van der Waals surface area contributed by atoms with E-state index in [2.05, 4.69) is 17.2 Å². The maximum Gasteiger partial charge on any atom is 0.308 e. The molecule has 0 atom stereocenters. The molecule has 0 N–H and O–H groups in total. The second-order valence-corrected chi connectivity index (χ2v) is 4.56. The minimum Gasteiger partial charge on any atom is -0.483 e. The lowest BCUT2D eigenvalue weighted by molar-refractivity contribution is -0.132. The van der Waals surface area contributed by atoms with E-state index in [1.165, 1.54) is 6.92 Å². The zero-order chi connectivity index (χ0) is 15.2. The topological polar surface area (TPSA) is 66.2 Å². The van der Waals surface area contributed by atoms with Crippen LogP contribution < -0.4 is 9.47 Å². The Balaban J connectivity index is 2.18. The molecule has 0 aliphatic rings. The molecule has 1 heterocycles. The third-order valence-electron chi connectivity index (χ3n) is 3.04. The standard InChI is InChI=1S/C15H19N3O3/c1-4-12-6-7-14(21-11(3)19)15(8-12)20-10-13-9-16-17-18(13)5-2/h6-9H,4-5,10H2,1-3H3. The molecule has 0 radical (unpaired) electrons. The highest BCUT2D eigenvalue weighted by Crippen LogP contribution is 2.29. The van der Waals surface area contributed by atoms with Crippen LogP contribution in [-0.4, -0.2) is 21.0 Å². The summed E-state index contributed by atoms with van der Waals surface area (Å²) in [5.41, 5.74) is 1.98. The number of nitrogens with zero attached hydrogens (tertiary/aromatic N) is 3. The van der Waals surface area contributed by atoms with Crippen LogP contribution in [0.4, 0.5) is 0 Å². The third kappa shape index (κ3) is 3.81. The molecule has 2 aromatic rings. The number of ether oxygens (including phenoxy) is 2. The Hall–Kier alpha value is -2.37. The van der Waals surface area contributed by atoms with Crippen molar-refractivity contribution >= 4 is 5.97 Å². The van der Waals surface area contributed by atoms with Crippen molar-refractivity contribution in [1.29, 1.82) is 0 Å². The Morgan fingerprint density at radius 1 is 1.29 bits per heavy atom. The fraction of sp³-hybridized carbons (Fsp3) is 0.400. The van der Waals surface area contributed by atoms with Gasteiger partial charge in [0.25, 0.3) is 0 Å². The summed E-state index contributed by atoms with van der Waals surface area (Å²) >= 11 is 0. The predicted octanol–water partition coefficient (Wildman–Crippen LogP) is 2.36. The first-order chi connectivity index (χ1) is 10.1. The van der Waals surface area contributed by atoms with E-state index in [-0.39, 0.29) is 5.97 Å². The number of hydrogen-bond donors (Lipinski definition) is 0. The maximum atomic E-state index is 11.2. The summed E-state index contributed by atoms with van der Waals surface area (Å²) in [5.74, 6) is 0.605. The lowest BCUT2D eigenvalue weighted by atomic mass is 10.1. The number of aromatic nitrogens is 3. The number of carbonyl (C=O) groups is 1. The van der Waals surface area contributed by atoms with Gasteiger partial charge in [-0.3, -0.25) is 4.79 Å². The molecular formula is C15H19N3O3. The van der Waals surface area contributed by atoms with Gasteiger partial charge in [-0.15, -0.1) is 5.10 Å². The van der Waals surface area contributed by atoms with Gasteiger partial charge in [-0.25, -0.2) is 4.68 Å². The Kier molecular flexibility index (Phi) is 4.92. The van der Waals surface area contributed by atoms with Gasteiger partial charge in [-0.2, -0.15) is 0 Å². The smallest absolute Gasteiger partial charge is 0.308 e. The Bertz CT molecular complexity index is 622. The monoisotopic (exact) mass is 289 g/mol. The van der Waals surface area contributed by atoms with Crippen molar-refractivity contribution in [2.75, 3.05) is 0 Å². The molecular weight excluding hydrogens is 270 g/mol. The average Bonchev–Trinajstić information content (AvgIpc) is 2.93. The van der Waals surface area contributed by atoms with Gasteiger partial charge in [0.05, 0.1) is 11.9 Å². The van der Waals surface area contributed by atoms with Gasteiger partial charge in [0, 0.05) is 13.5 Å². The van der Waals surface area contributed by atoms with E-state index in [4.69, 9.17) is 9.47 Å². The number of esters is 1. The van der Waals surface area contributed by atoms with Crippen molar-refractivity contribution in [2.45, 2.75) is 40.3 Å². The molecule has 0 unspecified atom stereocenters. The molecule has 1 aromatic heterocycles. The largest absolute Gasteiger partial charge is 0.483 e.